The van der Waals surface area contributed by atoms with Gasteiger partial charge < -0.3 is 20.4 Å². The van der Waals surface area contributed by atoms with Gasteiger partial charge in [0.15, 0.2) is 0 Å². The summed E-state index contributed by atoms with van der Waals surface area (Å²) >= 11 is 0. The van der Waals surface area contributed by atoms with Crippen LogP contribution in [0.1, 0.15) is 35.7 Å². The number of aryl methyl sites for hydroxylation is 1. The Morgan fingerprint density at radius 1 is 1.29 bits per heavy atom. The first-order chi connectivity index (χ1) is 9.99. The van der Waals surface area contributed by atoms with Crippen LogP contribution in [-0.4, -0.2) is 46.8 Å². The second-order valence-corrected chi connectivity index (χ2v) is 4.85. The van der Waals surface area contributed by atoms with Crippen molar-refractivity contribution < 1.29 is 19.8 Å². The summed E-state index contributed by atoms with van der Waals surface area (Å²) in [6.45, 7) is 4.42. The topological polar surface area (TPSA) is 89.9 Å². The van der Waals surface area contributed by atoms with E-state index in [4.69, 9.17) is 5.11 Å². The molecule has 21 heavy (non-hydrogen) atoms. The number of unbranched alkanes of at least 4 members (excludes halogenated alkanes) is 1. The SMILES string of the molecule is CCCCN(CCO)C(=O)Nc1ccc(C)cc1C(=O)O. The number of aliphatic hydroxyl groups excluding tert-OH is 1. The monoisotopic (exact) mass is 294 g/mol. The Morgan fingerprint density at radius 2 is 2.00 bits per heavy atom. The summed E-state index contributed by atoms with van der Waals surface area (Å²) in [5, 5.41) is 20.8. The third-order valence-corrected chi connectivity index (χ3v) is 3.09. The van der Waals surface area contributed by atoms with Gasteiger partial charge in [0.1, 0.15) is 0 Å². The predicted molar refractivity (Wildman–Crippen MR) is 80.7 cm³/mol. The molecule has 1 rings (SSSR count). The van der Waals surface area contributed by atoms with Crippen LogP contribution in [0.25, 0.3) is 0 Å². The number of amides is 2. The number of aromatic carboxylic acids is 1. The number of benzene rings is 1. The molecule has 1 aromatic carbocycles. The number of aliphatic hydroxyl groups is 1. The van der Waals surface area contributed by atoms with E-state index >= 15 is 0 Å². The molecule has 0 aliphatic heterocycles. The normalized spacial score (nSPS) is 10.2. The fourth-order valence-electron chi connectivity index (χ4n) is 1.92. The predicted octanol–water partition coefficient (Wildman–Crippen LogP) is 2.32. The van der Waals surface area contributed by atoms with Gasteiger partial charge in [-0.25, -0.2) is 9.59 Å². The lowest BCUT2D eigenvalue weighted by Crippen LogP contribution is -2.38. The van der Waals surface area contributed by atoms with Crippen LogP contribution in [0.4, 0.5) is 10.5 Å². The van der Waals surface area contributed by atoms with Crippen LogP contribution in [0.5, 0.6) is 0 Å². The van der Waals surface area contributed by atoms with Crippen LogP contribution in [0.3, 0.4) is 0 Å². The molecule has 0 saturated heterocycles. The van der Waals surface area contributed by atoms with Crippen LogP contribution in [0.15, 0.2) is 18.2 Å². The Morgan fingerprint density at radius 3 is 2.57 bits per heavy atom. The first kappa shape index (κ1) is 17.0. The second kappa shape index (κ2) is 8.26. The summed E-state index contributed by atoms with van der Waals surface area (Å²) in [4.78, 5) is 24.9. The molecule has 0 radical (unpaired) electrons. The largest absolute Gasteiger partial charge is 0.478 e. The lowest BCUT2D eigenvalue weighted by atomic mass is 10.1. The van der Waals surface area contributed by atoms with Gasteiger partial charge in [-0.05, 0) is 25.5 Å². The fraction of sp³-hybridized carbons (Fsp3) is 0.467. The quantitative estimate of drug-likeness (QED) is 0.720. The number of urea groups is 1. The number of carboxylic acids is 1. The van der Waals surface area contributed by atoms with Crippen LogP contribution in [-0.2, 0) is 0 Å². The molecule has 6 heteroatoms. The van der Waals surface area contributed by atoms with Crippen molar-refractivity contribution in [1.29, 1.82) is 0 Å². The first-order valence-electron chi connectivity index (χ1n) is 7.00. The molecule has 1 aromatic rings. The van der Waals surface area contributed by atoms with E-state index in [0.29, 0.717) is 6.54 Å². The Hall–Kier alpha value is -2.08. The number of hydrogen-bond donors (Lipinski definition) is 3. The molecule has 6 nitrogen and oxygen atoms in total. The van der Waals surface area contributed by atoms with E-state index in [1.54, 1.807) is 19.1 Å². The van der Waals surface area contributed by atoms with Crippen LogP contribution in [0.2, 0.25) is 0 Å². The number of rotatable bonds is 7. The van der Waals surface area contributed by atoms with Gasteiger partial charge >= 0.3 is 12.0 Å². The molecule has 0 unspecified atom stereocenters. The summed E-state index contributed by atoms with van der Waals surface area (Å²) in [6, 6.07) is 4.43. The van der Waals surface area contributed by atoms with Crippen LogP contribution >= 0.6 is 0 Å². The molecule has 0 bridgehead atoms. The van der Waals surface area contributed by atoms with Gasteiger partial charge in [-0.1, -0.05) is 25.0 Å². The summed E-state index contributed by atoms with van der Waals surface area (Å²) in [5.41, 5.74) is 1.13. The lowest BCUT2D eigenvalue weighted by molar-refractivity contribution is 0.0698. The number of carboxylic acid groups (broad SMARTS) is 1. The Kier molecular flexibility index (Phi) is 6.68. The Labute approximate surface area is 124 Å². The van der Waals surface area contributed by atoms with Crippen molar-refractivity contribution in [3.8, 4) is 0 Å². The molecule has 0 spiro atoms. The van der Waals surface area contributed by atoms with Gasteiger partial charge in [-0.15, -0.1) is 0 Å². The van der Waals surface area contributed by atoms with Crippen LogP contribution in [0, 0.1) is 6.92 Å². The van der Waals surface area contributed by atoms with Crippen molar-refractivity contribution in [3.05, 3.63) is 29.3 Å². The van der Waals surface area contributed by atoms with E-state index in [9.17, 15) is 14.7 Å². The molecular weight excluding hydrogens is 272 g/mol. The highest BCUT2D eigenvalue weighted by molar-refractivity contribution is 6.00. The molecule has 0 aliphatic carbocycles. The molecule has 2 amide bonds. The molecule has 0 fully saturated rings. The zero-order valence-electron chi connectivity index (χ0n) is 12.4. The molecule has 3 N–H and O–H groups in total. The summed E-state index contributed by atoms with van der Waals surface area (Å²) < 4.78 is 0. The summed E-state index contributed by atoms with van der Waals surface area (Å²) in [5.74, 6) is -1.09. The minimum Gasteiger partial charge on any atom is -0.478 e. The summed E-state index contributed by atoms with van der Waals surface area (Å²) in [7, 11) is 0. The van der Waals surface area contributed by atoms with Crippen LogP contribution < -0.4 is 5.32 Å². The van der Waals surface area contributed by atoms with Gasteiger partial charge in [0.25, 0.3) is 0 Å². The van der Waals surface area contributed by atoms with Crippen molar-refractivity contribution >= 4 is 17.7 Å². The van der Waals surface area contributed by atoms with E-state index in [1.165, 1.54) is 11.0 Å². The molecule has 0 heterocycles. The van der Waals surface area contributed by atoms with E-state index < -0.39 is 12.0 Å². The Balaban J connectivity index is 2.87. The van der Waals surface area contributed by atoms with Crippen molar-refractivity contribution in [2.24, 2.45) is 0 Å². The van der Waals surface area contributed by atoms with Crippen molar-refractivity contribution in [3.63, 3.8) is 0 Å². The number of carbonyl (C=O) groups is 2. The molecular formula is C15H22N2O4. The maximum absolute atomic E-state index is 12.2. The standard InChI is InChI=1S/C15H22N2O4/c1-3-4-7-17(8-9-18)15(21)16-13-6-5-11(2)10-12(13)14(19)20/h5-6,10,18H,3-4,7-9H2,1-2H3,(H,16,21)(H,19,20). The average Bonchev–Trinajstić information content (AvgIpc) is 2.45. The third kappa shape index (κ3) is 5.07. The minimum absolute atomic E-state index is 0.0581. The highest BCUT2D eigenvalue weighted by atomic mass is 16.4. The zero-order chi connectivity index (χ0) is 15.8. The van der Waals surface area contributed by atoms with Crippen molar-refractivity contribution in [1.82, 2.24) is 4.90 Å². The third-order valence-electron chi connectivity index (χ3n) is 3.09. The number of nitrogens with one attached hydrogen (secondary N) is 1. The smallest absolute Gasteiger partial charge is 0.337 e. The number of hydrogen-bond acceptors (Lipinski definition) is 3. The molecule has 0 aliphatic rings. The maximum atomic E-state index is 12.2. The fourth-order valence-corrected chi connectivity index (χ4v) is 1.92. The average molecular weight is 294 g/mol. The van der Waals surface area contributed by atoms with Gasteiger partial charge in [0.2, 0.25) is 0 Å². The maximum Gasteiger partial charge on any atom is 0.337 e. The molecule has 0 atom stereocenters. The Bertz CT molecular complexity index is 502. The first-order valence-corrected chi connectivity index (χ1v) is 7.00. The molecule has 0 saturated carbocycles. The number of nitrogens with zero attached hydrogens (tertiary/aromatic N) is 1. The zero-order valence-corrected chi connectivity index (χ0v) is 12.4. The number of carbonyl (C=O) groups excluding carboxylic acids is 1. The molecule has 0 aromatic heterocycles. The van der Waals surface area contributed by atoms with E-state index in [2.05, 4.69) is 5.32 Å². The second-order valence-electron chi connectivity index (χ2n) is 4.85. The van der Waals surface area contributed by atoms with E-state index in [1.807, 2.05) is 6.92 Å². The summed E-state index contributed by atoms with van der Waals surface area (Å²) in [6.07, 6.45) is 1.76. The highest BCUT2D eigenvalue weighted by Gasteiger charge is 2.16. The van der Waals surface area contributed by atoms with Crippen molar-refractivity contribution in [2.75, 3.05) is 25.0 Å². The number of anilines is 1. The lowest BCUT2D eigenvalue weighted by Gasteiger charge is -2.22. The van der Waals surface area contributed by atoms with Gasteiger partial charge in [-0.3, -0.25) is 0 Å². The van der Waals surface area contributed by atoms with E-state index in [-0.39, 0.29) is 24.4 Å². The van der Waals surface area contributed by atoms with Gasteiger partial charge in [0.05, 0.1) is 17.9 Å². The van der Waals surface area contributed by atoms with Gasteiger partial charge in [-0.2, -0.15) is 0 Å². The highest BCUT2D eigenvalue weighted by Crippen LogP contribution is 2.18. The molecule has 116 valence electrons. The van der Waals surface area contributed by atoms with E-state index in [0.717, 1.165) is 18.4 Å². The van der Waals surface area contributed by atoms with Crippen molar-refractivity contribution in [2.45, 2.75) is 26.7 Å². The van der Waals surface area contributed by atoms with Gasteiger partial charge in [0, 0.05) is 13.1 Å². The minimum atomic E-state index is -1.09.